The Morgan fingerprint density at radius 3 is 2.85 bits per heavy atom. The normalized spacial score (nSPS) is 21.0. The summed E-state index contributed by atoms with van der Waals surface area (Å²) in [7, 11) is -3.79. The van der Waals surface area contributed by atoms with Crippen molar-refractivity contribution in [2.24, 2.45) is 5.92 Å². The Bertz CT molecular complexity index is 965. The first-order valence-electron chi connectivity index (χ1n) is 8.85. The number of benzene rings is 1. The summed E-state index contributed by atoms with van der Waals surface area (Å²) in [5.41, 5.74) is 1.62. The summed E-state index contributed by atoms with van der Waals surface area (Å²) in [5, 5.41) is 0. The van der Waals surface area contributed by atoms with Crippen LogP contribution in [0.1, 0.15) is 18.9 Å². The molecule has 1 amide bonds. The van der Waals surface area contributed by atoms with E-state index in [1.807, 2.05) is 6.92 Å². The van der Waals surface area contributed by atoms with Gasteiger partial charge in [-0.15, -0.1) is 0 Å². The lowest BCUT2D eigenvalue weighted by Gasteiger charge is -2.17. The van der Waals surface area contributed by atoms with E-state index in [1.165, 1.54) is 18.5 Å². The monoisotopic (exact) mass is 388 g/mol. The second-order valence-corrected chi connectivity index (χ2v) is 8.23. The zero-order chi connectivity index (χ0) is 19.0. The first-order valence-corrected chi connectivity index (χ1v) is 10.3. The molecule has 1 aliphatic heterocycles. The topological polar surface area (TPSA) is 101 Å². The summed E-state index contributed by atoms with van der Waals surface area (Å²) < 4.78 is 33.0. The number of nitrogens with one attached hydrogen (secondary N) is 1. The number of nitrogens with zero attached hydrogens (tertiary/aromatic N) is 3. The number of sulfonamides is 1. The van der Waals surface area contributed by atoms with E-state index in [9.17, 15) is 13.2 Å². The van der Waals surface area contributed by atoms with Crippen LogP contribution in [0.15, 0.2) is 41.6 Å². The van der Waals surface area contributed by atoms with E-state index in [4.69, 9.17) is 4.74 Å². The zero-order valence-corrected chi connectivity index (χ0v) is 15.6. The van der Waals surface area contributed by atoms with Gasteiger partial charge in [0.05, 0.1) is 16.9 Å². The maximum absolute atomic E-state index is 12.7. The molecule has 0 radical (unpaired) electrons. The van der Waals surface area contributed by atoms with Crippen LogP contribution < -0.4 is 9.62 Å². The average molecular weight is 388 g/mol. The molecule has 2 aliphatic rings. The number of carbonyl (C=O) groups excluding carboxylic acids is 1. The maximum atomic E-state index is 12.7. The molecule has 0 saturated heterocycles. The summed E-state index contributed by atoms with van der Waals surface area (Å²) >= 11 is 0. The molecule has 0 spiro atoms. The van der Waals surface area contributed by atoms with Crippen molar-refractivity contribution in [3.63, 3.8) is 0 Å². The highest BCUT2D eigenvalue weighted by Gasteiger charge is 2.47. The summed E-state index contributed by atoms with van der Waals surface area (Å²) in [6.45, 7) is 3.08. The minimum atomic E-state index is -3.79. The second-order valence-electron chi connectivity index (χ2n) is 6.54. The van der Waals surface area contributed by atoms with Crippen molar-refractivity contribution in [3.05, 3.63) is 42.2 Å². The molecular weight excluding hydrogens is 368 g/mol. The molecule has 2 heterocycles. The van der Waals surface area contributed by atoms with Crippen molar-refractivity contribution in [2.75, 3.05) is 22.8 Å². The SMILES string of the molecule is CCOC1CC1C(=O)N1CCc2cc(S(=O)(=O)Nc3ncccn3)ccc21. The Hall–Kier alpha value is -2.52. The smallest absolute Gasteiger partial charge is 0.264 e. The van der Waals surface area contributed by atoms with Gasteiger partial charge in [-0.1, -0.05) is 0 Å². The van der Waals surface area contributed by atoms with E-state index in [0.29, 0.717) is 19.6 Å². The van der Waals surface area contributed by atoms with Crippen molar-refractivity contribution in [2.45, 2.75) is 30.8 Å². The van der Waals surface area contributed by atoms with Crippen LogP contribution in [0, 0.1) is 5.92 Å². The molecule has 0 bridgehead atoms. The molecular formula is C18H20N4O4S. The molecule has 1 fully saturated rings. The van der Waals surface area contributed by atoms with E-state index < -0.39 is 10.0 Å². The third-order valence-electron chi connectivity index (χ3n) is 4.74. The number of anilines is 2. The quantitative estimate of drug-likeness (QED) is 0.806. The fraction of sp³-hybridized carbons (Fsp3) is 0.389. The van der Waals surface area contributed by atoms with E-state index >= 15 is 0 Å². The number of amides is 1. The Balaban J connectivity index is 1.52. The van der Waals surface area contributed by atoms with Gasteiger partial charge in [0.25, 0.3) is 10.0 Å². The number of rotatable bonds is 6. The van der Waals surface area contributed by atoms with Crippen molar-refractivity contribution >= 4 is 27.6 Å². The predicted molar refractivity (Wildman–Crippen MR) is 98.9 cm³/mol. The van der Waals surface area contributed by atoms with Gasteiger partial charge in [-0.2, -0.15) is 0 Å². The first-order chi connectivity index (χ1) is 13.0. The minimum Gasteiger partial charge on any atom is -0.378 e. The first kappa shape index (κ1) is 17.9. The van der Waals surface area contributed by atoms with Crippen molar-refractivity contribution in [1.82, 2.24) is 9.97 Å². The third kappa shape index (κ3) is 3.52. The summed E-state index contributed by atoms with van der Waals surface area (Å²) in [6.07, 6.45) is 4.32. The van der Waals surface area contributed by atoms with Gasteiger partial charge in [-0.25, -0.2) is 23.1 Å². The molecule has 1 aromatic carbocycles. The molecule has 4 rings (SSSR count). The van der Waals surface area contributed by atoms with Crippen LogP contribution >= 0.6 is 0 Å². The largest absolute Gasteiger partial charge is 0.378 e. The predicted octanol–water partition coefficient (Wildman–Crippen LogP) is 1.59. The number of fused-ring (bicyclic) bond motifs is 1. The standard InChI is InChI=1S/C18H20N4O4S/c1-2-26-16-11-14(16)17(23)22-9-6-12-10-13(4-5-15(12)22)27(24,25)21-18-19-7-3-8-20-18/h3-5,7-8,10,14,16H,2,6,9,11H2,1H3,(H,19,20,21). The number of hydrogen-bond donors (Lipinski definition) is 1. The van der Waals surface area contributed by atoms with E-state index in [0.717, 1.165) is 17.7 Å². The molecule has 1 saturated carbocycles. The van der Waals surface area contributed by atoms with Gasteiger partial charge in [0.15, 0.2) is 0 Å². The van der Waals surface area contributed by atoms with Crippen molar-refractivity contribution in [3.8, 4) is 0 Å². The van der Waals surface area contributed by atoms with Gasteiger partial charge in [-0.05, 0) is 49.6 Å². The van der Waals surface area contributed by atoms with Gasteiger partial charge < -0.3 is 9.64 Å². The molecule has 2 unspecified atom stereocenters. The summed E-state index contributed by atoms with van der Waals surface area (Å²) in [5.74, 6) is -0.0136. The molecule has 1 aromatic heterocycles. The molecule has 8 nitrogen and oxygen atoms in total. The summed E-state index contributed by atoms with van der Waals surface area (Å²) in [6, 6.07) is 6.41. The van der Waals surface area contributed by atoms with E-state index in [2.05, 4.69) is 14.7 Å². The van der Waals surface area contributed by atoms with Crippen LogP contribution in [0.3, 0.4) is 0 Å². The van der Waals surface area contributed by atoms with Crippen LogP contribution in [0.5, 0.6) is 0 Å². The van der Waals surface area contributed by atoms with Crippen molar-refractivity contribution < 1.29 is 17.9 Å². The Morgan fingerprint density at radius 1 is 1.33 bits per heavy atom. The van der Waals surface area contributed by atoms with Crippen LogP contribution in [0.2, 0.25) is 0 Å². The van der Waals surface area contributed by atoms with Gasteiger partial charge in [0.2, 0.25) is 11.9 Å². The van der Waals surface area contributed by atoms with Crippen LogP contribution in [0.4, 0.5) is 11.6 Å². The molecule has 2 atom stereocenters. The van der Waals surface area contributed by atoms with Crippen molar-refractivity contribution in [1.29, 1.82) is 0 Å². The highest BCUT2D eigenvalue weighted by atomic mass is 32.2. The van der Waals surface area contributed by atoms with Crippen LogP contribution in [0.25, 0.3) is 0 Å². The number of aromatic nitrogens is 2. The van der Waals surface area contributed by atoms with E-state index in [1.54, 1.807) is 23.1 Å². The molecule has 2 aromatic rings. The highest BCUT2D eigenvalue weighted by molar-refractivity contribution is 7.92. The lowest BCUT2D eigenvalue weighted by Crippen LogP contribution is -2.31. The van der Waals surface area contributed by atoms with Crippen LogP contribution in [-0.2, 0) is 26.0 Å². The fourth-order valence-electron chi connectivity index (χ4n) is 3.34. The number of hydrogen-bond acceptors (Lipinski definition) is 6. The highest BCUT2D eigenvalue weighted by Crippen LogP contribution is 2.39. The van der Waals surface area contributed by atoms with Gasteiger partial charge in [0, 0.05) is 31.2 Å². The van der Waals surface area contributed by atoms with E-state index in [-0.39, 0.29) is 28.8 Å². The molecule has 1 aliphatic carbocycles. The molecule has 27 heavy (non-hydrogen) atoms. The molecule has 142 valence electrons. The van der Waals surface area contributed by atoms with Gasteiger partial charge >= 0.3 is 0 Å². The Labute approximate surface area is 157 Å². The Kier molecular flexibility index (Phi) is 4.56. The molecule has 1 N–H and O–H groups in total. The lowest BCUT2D eigenvalue weighted by molar-refractivity contribution is -0.120. The van der Waals surface area contributed by atoms with Gasteiger partial charge in [-0.3, -0.25) is 4.79 Å². The summed E-state index contributed by atoms with van der Waals surface area (Å²) in [4.78, 5) is 22.3. The molecule has 9 heteroatoms. The minimum absolute atomic E-state index is 0.0151. The number of carbonyl (C=O) groups is 1. The Morgan fingerprint density at radius 2 is 2.11 bits per heavy atom. The van der Waals surface area contributed by atoms with Gasteiger partial charge in [0.1, 0.15) is 0 Å². The van der Waals surface area contributed by atoms with Crippen LogP contribution in [-0.4, -0.2) is 43.5 Å². The third-order valence-corrected chi connectivity index (χ3v) is 6.07. The zero-order valence-electron chi connectivity index (χ0n) is 14.8. The second kappa shape index (κ2) is 6.90. The lowest BCUT2D eigenvalue weighted by atomic mass is 10.2. The average Bonchev–Trinajstić information content (AvgIpc) is 3.29. The fourth-order valence-corrected chi connectivity index (χ4v) is 4.34. The maximum Gasteiger partial charge on any atom is 0.264 e. The number of ether oxygens (including phenoxy) is 1.